The van der Waals surface area contributed by atoms with Crippen LogP contribution in [0.4, 0.5) is 4.39 Å². The van der Waals surface area contributed by atoms with Crippen molar-refractivity contribution in [1.29, 1.82) is 0 Å². The van der Waals surface area contributed by atoms with E-state index in [-0.39, 0.29) is 28.7 Å². The summed E-state index contributed by atoms with van der Waals surface area (Å²) in [6, 6.07) is 6.94. The molecule has 0 unspecified atom stereocenters. The number of nitrogens with two attached hydrogens (primary N) is 1. The molecule has 1 aromatic carbocycles. The number of rotatable bonds is 3. The van der Waals surface area contributed by atoms with Crippen molar-refractivity contribution in [3.8, 4) is 17.0 Å². The molecule has 2 aromatic rings. The van der Waals surface area contributed by atoms with Gasteiger partial charge in [0.2, 0.25) is 0 Å². The van der Waals surface area contributed by atoms with Crippen LogP contribution < -0.4 is 10.5 Å². The van der Waals surface area contributed by atoms with Crippen molar-refractivity contribution >= 4 is 24.0 Å². The van der Waals surface area contributed by atoms with Crippen LogP contribution in [-0.2, 0) is 5.54 Å². The van der Waals surface area contributed by atoms with Gasteiger partial charge in [-0.3, -0.25) is 4.98 Å². The minimum Gasteiger partial charge on any atom is -0.494 e. The number of pyridine rings is 1. The zero-order chi connectivity index (χ0) is 14.3. The van der Waals surface area contributed by atoms with Gasteiger partial charge in [-0.2, -0.15) is 0 Å². The van der Waals surface area contributed by atoms with Crippen LogP contribution in [-0.4, -0.2) is 12.1 Å². The number of methoxy groups -OCH3 is 1. The van der Waals surface area contributed by atoms with E-state index in [0.717, 1.165) is 18.4 Å². The summed E-state index contributed by atoms with van der Waals surface area (Å²) in [7, 11) is 1.40. The van der Waals surface area contributed by atoms with Gasteiger partial charge >= 0.3 is 0 Å². The molecule has 0 saturated heterocycles. The van der Waals surface area contributed by atoms with E-state index in [0.29, 0.717) is 11.3 Å². The molecule has 112 valence electrons. The minimum absolute atomic E-state index is 0. The average molecular weight is 329 g/mol. The number of nitrogens with zero attached hydrogens (tertiary/aromatic N) is 1. The quantitative estimate of drug-likeness (QED) is 0.928. The molecule has 3 rings (SSSR count). The molecule has 2 N–H and O–H groups in total. The van der Waals surface area contributed by atoms with Gasteiger partial charge in [0.25, 0.3) is 0 Å². The molecule has 6 heteroatoms. The standard InChI is InChI=1S/C15H14ClFN2O.ClH/c1-20-13-7-9(6-11(16)14(13)17)12-3-2-10(8-19-12)15(18)4-5-15;/h2-3,6-8H,4-5,18H2,1H3;1H. The summed E-state index contributed by atoms with van der Waals surface area (Å²) >= 11 is 5.86. The maximum atomic E-state index is 13.6. The van der Waals surface area contributed by atoms with Crippen LogP contribution in [0.15, 0.2) is 30.5 Å². The summed E-state index contributed by atoms with van der Waals surface area (Å²) in [6.07, 6.45) is 3.75. The summed E-state index contributed by atoms with van der Waals surface area (Å²) in [5.41, 5.74) is 8.36. The van der Waals surface area contributed by atoms with E-state index in [1.54, 1.807) is 12.3 Å². The zero-order valence-electron chi connectivity index (χ0n) is 11.4. The third kappa shape index (κ3) is 2.98. The van der Waals surface area contributed by atoms with Crippen molar-refractivity contribution in [1.82, 2.24) is 4.98 Å². The Kier molecular flexibility index (Phi) is 4.42. The summed E-state index contributed by atoms with van der Waals surface area (Å²) < 4.78 is 18.6. The number of hydrogen-bond donors (Lipinski definition) is 1. The van der Waals surface area contributed by atoms with Crippen LogP contribution in [0.2, 0.25) is 5.02 Å². The molecule has 1 aliphatic rings. The first-order chi connectivity index (χ1) is 9.53. The van der Waals surface area contributed by atoms with Crippen LogP contribution in [0.3, 0.4) is 0 Å². The second-order valence-electron chi connectivity index (χ2n) is 5.06. The minimum atomic E-state index is -0.562. The maximum Gasteiger partial charge on any atom is 0.183 e. The molecule has 0 bridgehead atoms. The van der Waals surface area contributed by atoms with Gasteiger partial charge in [0, 0.05) is 17.3 Å². The molecular weight excluding hydrogens is 314 g/mol. The van der Waals surface area contributed by atoms with Gasteiger partial charge in [0.15, 0.2) is 11.6 Å². The molecular formula is C15H15Cl2FN2O. The van der Waals surface area contributed by atoms with E-state index >= 15 is 0 Å². The van der Waals surface area contributed by atoms with Gasteiger partial charge in [0.05, 0.1) is 17.8 Å². The van der Waals surface area contributed by atoms with E-state index in [4.69, 9.17) is 22.1 Å². The predicted octanol–water partition coefficient (Wildman–Crippen LogP) is 3.92. The molecule has 0 spiro atoms. The van der Waals surface area contributed by atoms with Crippen molar-refractivity contribution in [3.63, 3.8) is 0 Å². The highest BCUT2D eigenvalue weighted by Crippen LogP contribution is 2.42. The molecule has 1 fully saturated rings. The van der Waals surface area contributed by atoms with Gasteiger partial charge in [-0.05, 0) is 36.6 Å². The molecule has 1 heterocycles. The predicted molar refractivity (Wildman–Crippen MR) is 83.5 cm³/mol. The summed E-state index contributed by atoms with van der Waals surface area (Å²) in [4.78, 5) is 4.38. The Labute approximate surface area is 133 Å². The zero-order valence-corrected chi connectivity index (χ0v) is 13.0. The van der Waals surface area contributed by atoms with Crippen LogP contribution in [0, 0.1) is 5.82 Å². The van der Waals surface area contributed by atoms with E-state index in [9.17, 15) is 4.39 Å². The van der Waals surface area contributed by atoms with E-state index in [1.807, 2.05) is 12.1 Å². The summed E-state index contributed by atoms with van der Waals surface area (Å²) in [6.45, 7) is 0. The van der Waals surface area contributed by atoms with Crippen LogP contribution in [0.25, 0.3) is 11.3 Å². The van der Waals surface area contributed by atoms with Crippen molar-refractivity contribution in [2.45, 2.75) is 18.4 Å². The fraction of sp³-hybridized carbons (Fsp3) is 0.267. The lowest BCUT2D eigenvalue weighted by atomic mass is 10.1. The first-order valence-electron chi connectivity index (χ1n) is 6.32. The van der Waals surface area contributed by atoms with Crippen molar-refractivity contribution in [3.05, 3.63) is 46.9 Å². The Balaban J connectivity index is 0.00000161. The Morgan fingerprint density at radius 1 is 1.33 bits per heavy atom. The fourth-order valence-electron chi connectivity index (χ4n) is 2.14. The monoisotopic (exact) mass is 328 g/mol. The normalized spacial score (nSPS) is 15.2. The Morgan fingerprint density at radius 2 is 2.05 bits per heavy atom. The third-order valence-electron chi connectivity index (χ3n) is 3.64. The first kappa shape index (κ1) is 16.0. The highest BCUT2D eigenvalue weighted by atomic mass is 35.5. The van der Waals surface area contributed by atoms with E-state index in [1.165, 1.54) is 13.2 Å². The molecule has 0 atom stereocenters. The highest BCUT2D eigenvalue weighted by Gasteiger charge is 2.40. The second-order valence-corrected chi connectivity index (χ2v) is 5.47. The van der Waals surface area contributed by atoms with Crippen molar-refractivity contribution in [2.75, 3.05) is 7.11 Å². The number of benzene rings is 1. The summed E-state index contributed by atoms with van der Waals surface area (Å²) in [5.74, 6) is -0.454. The molecule has 0 amide bonds. The number of ether oxygens (including phenoxy) is 1. The lowest BCUT2D eigenvalue weighted by molar-refractivity contribution is 0.387. The van der Waals surface area contributed by atoms with Crippen LogP contribution in [0.5, 0.6) is 5.75 Å². The SMILES string of the molecule is COc1cc(-c2ccc(C3(N)CC3)cn2)cc(Cl)c1F.Cl. The van der Waals surface area contributed by atoms with Crippen LogP contribution in [0.1, 0.15) is 18.4 Å². The maximum absolute atomic E-state index is 13.6. The largest absolute Gasteiger partial charge is 0.494 e. The van der Waals surface area contributed by atoms with Crippen molar-refractivity contribution < 1.29 is 9.13 Å². The van der Waals surface area contributed by atoms with Gasteiger partial charge in [0.1, 0.15) is 0 Å². The molecule has 1 aromatic heterocycles. The fourth-order valence-corrected chi connectivity index (χ4v) is 2.35. The van der Waals surface area contributed by atoms with Gasteiger partial charge in [-0.25, -0.2) is 4.39 Å². The summed E-state index contributed by atoms with van der Waals surface area (Å²) in [5, 5.41) is 0.0164. The number of halogens is 3. The van der Waals surface area contributed by atoms with E-state index in [2.05, 4.69) is 4.98 Å². The van der Waals surface area contributed by atoms with E-state index < -0.39 is 5.82 Å². The molecule has 3 nitrogen and oxygen atoms in total. The molecule has 21 heavy (non-hydrogen) atoms. The topological polar surface area (TPSA) is 48.1 Å². The Bertz CT molecular complexity index is 657. The lowest BCUT2D eigenvalue weighted by Gasteiger charge is -2.10. The first-order valence-corrected chi connectivity index (χ1v) is 6.70. The average Bonchev–Trinajstić information content (AvgIpc) is 3.21. The van der Waals surface area contributed by atoms with Gasteiger partial charge in [-0.1, -0.05) is 17.7 Å². The molecule has 0 radical (unpaired) electrons. The highest BCUT2D eigenvalue weighted by molar-refractivity contribution is 6.31. The van der Waals surface area contributed by atoms with Crippen LogP contribution >= 0.6 is 24.0 Å². The molecule has 0 aliphatic heterocycles. The third-order valence-corrected chi connectivity index (χ3v) is 3.91. The van der Waals surface area contributed by atoms with Gasteiger partial charge in [-0.15, -0.1) is 12.4 Å². The second kappa shape index (κ2) is 5.79. The molecule has 1 aliphatic carbocycles. The van der Waals surface area contributed by atoms with Gasteiger partial charge < -0.3 is 10.5 Å². The smallest absolute Gasteiger partial charge is 0.183 e. The Hall–Kier alpha value is -1.36. The Morgan fingerprint density at radius 3 is 2.57 bits per heavy atom. The molecule has 1 saturated carbocycles. The van der Waals surface area contributed by atoms with Crippen molar-refractivity contribution in [2.24, 2.45) is 5.73 Å². The number of hydrogen-bond acceptors (Lipinski definition) is 3. The lowest BCUT2D eigenvalue weighted by Crippen LogP contribution is -2.18. The number of aromatic nitrogens is 1.